The van der Waals surface area contributed by atoms with Crippen LogP contribution in [0, 0.1) is 0 Å². The Morgan fingerprint density at radius 2 is 0.833 bits per heavy atom. The van der Waals surface area contributed by atoms with Gasteiger partial charge in [-0.1, -0.05) is 0 Å². The molecule has 0 heterocycles. The van der Waals surface area contributed by atoms with Crippen LogP contribution >= 0.6 is 0 Å². The SMILES string of the molecule is O.O.[Co].[Cr].[Pt].[Si]. The van der Waals surface area contributed by atoms with E-state index in [4.69, 9.17) is 0 Å². The zero-order valence-electron chi connectivity index (χ0n) is 2.56. The molecule has 2 nitrogen and oxygen atoms in total. The van der Waals surface area contributed by atoms with E-state index in [1.165, 1.54) is 0 Å². The Balaban J connectivity index is 0. The molecule has 0 unspecified atom stereocenters. The molecule has 4 N–H and O–H groups in total. The van der Waals surface area contributed by atoms with Crippen LogP contribution < -0.4 is 0 Å². The van der Waals surface area contributed by atoms with Gasteiger partial charge in [0.25, 0.3) is 0 Å². The van der Waals surface area contributed by atoms with Crippen LogP contribution in [0.1, 0.15) is 0 Å². The minimum atomic E-state index is 0. The van der Waals surface area contributed by atoms with Crippen molar-refractivity contribution in [1.29, 1.82) is 0 Å². The molecule has 6 heavy (non-hydrogen) atoms. The summed E-state index contributed by atoms with van der Waals surface area (Å²) in [5.74, 6) is 0. The molecule has 0 aliphatic rings. The standard InChI is InChI=1S/Co.Cr.2H2O.Pt.Si/h;;2*1H2;;. The van der Waals surface area contributed by atoms with Crippen molar-refractivity contribution in [2.75, 3.05) is 0 Å². The first-order valence-electron chi connectivity index (χ1n) is 0. The molecular formula is H4CoCrO2PtSi. The molecule has 0 atom stereocenters. The zero-order valence-corrected chi connectivity index (χ0v) is 8.15. The van der Waals surface area contributed by atoms with Gasteiger partial charge in [0.15, 0.2) is 0 Å². The molecule has 0 aromatic heterocycles. The van der Waals surface area contributed by atoms with Gasteiger partial charge in [-0.15, -0.1) is 0 Å². The summed E-state index contributed by atoms with van der Waals surface area (Å²) in [7, 11) is 0. The van der Waals surface area contributed by atoms with E-state index in [1.54, 1.807) is 0 Å². The average Bonchev–Trinajstić information content (AvgIpc) is 0. The molecule has 0 aromatic rings. The topological polar surface area (TPSA) is 63.0 Å². The summed E-state index contributed by atoms with van der Waals surface area (Å²) in [6.45, 7) is 0. The second kappa shape index (κ2) is 67.9. The smallest absolute Gasteiger partial charge is 0 e. The van der Waals surface area contributed by atoms with E-state index >= 15 is 0 Å². The van der Waals surface area contributed by atoms with Gasteiger partial charge in [-0.25, -0.2) is 0 Å². The second-order valence-electron chi connectivity index (χ2n) is 0. The van der Waals surface area contributed by atoms with Crippen molar-refractivity contribution < 1.29 is 66.2 Å². The maximum Gasteiger partial charge on any atom is 0 e. The van der Waals surface area contributed by atoms with Crippen molar-refractivity contribution in [2.45, 2.75) is 0 Å². The summed E-state index contributed by atoms with van der Waals surface area (Å²) >= 11 is 0. The Kier molecular flexibility index (Phi) is 1210. The van der Waals surface area contributed by atoms with Crippen LogP contribution in [-0.4, -0.2) is 21.9 Å². The Labute approximate surface area is 76.7 Å². The van der Waals surface area contributed by atoms with Crippen molar-refractivity contribution in [3.63, 3.8) is 0 Å². The summed E-state index contributed by atoms with van der Waals surface area (Å²) in [5.41, 5.74) is 0. The molecule has 0 amide bonds. The van der Waals surface area contributed by atoms with Gasteiger partial charge in [-0.2, -0.15) is 0 Å². The Hall–Kier alpha value is 1.86. The monoisotopic (exact) mass is 370 g/mol. The Morgan fingerprint density at radius 3 is 0.833 bits per heavy atom. The first kappa shape index (κ1) is 107. The maximum atomic E-state index is 0. The molecule has 0 rings (SSSR count). The molecule has 0 saturated heterocycles. The fourth-order valence-corrected chi connectivity index (χ4v) is 0. The van der Waals surface area contributed by atoms with Crippen LogP contribution in [0.5, 0.6) is 0 Å². The van der Waals surface area contributed by atoms with Gasteiger partial charge in [-0.05, 0) is 0 Å². The van der Waals surface area contributed by atoms with Gasteiger partial charge in [-0.3, -0.25) is 0 Å². The molecule has 0 bridgehead atoms. The van der Waals surface area contributed by atoms with Crippen LogP contribution in [0.3, 0.4) is 0 Å². The third-order valence-electron chi connectivity index (χ3n) is 0. The Morgan fingerprint density at radius 1 is 0.833 bits per heavy atom. The van der Waals surface area contributed by atoms with Gasteiger partial charge in [0.2, 0.25) is 0 Å². The minimum Gasteiger partial charge on any atom is -0.412 e. The van der Waals surface area contributed by atoms with Crippen LogP contribution in [0.2, 0.25) is 0 Å². The van der Waals surface area contributed by atoms with Gasteiger partial charge in [0, 0.05) is 66.2 Å². The summed E-state index contributed by atoms with van der Waals surface area (Å²) in [5, 5.41) is 0. The molecule has 0 fully saturated rings. The molecule has 0 aliphatic heterocycles. The van der Waals surface area contributed by atoms with E-state index in [2.05, 4.69) is 0 Å². The number of hydrogen-bond acceptors (Lipinski definition) is 0. The van der Waals surface area contributed by atoms with Crippen molar-refractivity contribution in [1.82, 2.24) is 0 Å². The third kappa shape index (κ3) is 39.9. The normalized spacial score (nSPS) is 0. The molecule has 6 heteroatoms. The molecule has 0 saturated carbocycles. The fraction of sp³-hybridized carbons (Fsp3) is 0. The summed E-state index contributed by atoms with van der Waals surface area (Å²) < 4.78 is 0. The van der Waals surface area contributed by atoms with Crippen LogP contribution in [0.4, 0.5) is 0 Å². The summed E-state index contributed by atoms with van der Waals surface area (Å²) in [4.78, 5) is 0. The molecule has 0 spiro atoms. The maximum absolute atomic E-state index is 0. The van der Waals surface area contributed by atoms with Crippen molar-refractivity contribution in [2.24, 2.45) is 0 Å². The van der Waals surface area contributed by atoms with E-state index in [9.17, 15) is 0 Å². The van der Waals surface area contributed by atoms with Crippen molar-refractivity contribution in [3.8, 4) is 0 Å². The minimum absolute atomic E-state index is 0. The van der Waals surface area contributed by atoms with Gasteiger partial charge in [0.05, 0.1) is 0 Å². The quantitative estimate of drug-likeness (QED) is 0.442. The zero-order chi connectivity index (χ0) is 0. The average molecular weight is 370 g/mol. The number of hydrogen-bond donors (Lipinski definition) is 0. The van der Waals surface area contributed by atoms with E-state index in [-0.39, 0.29) is 77.1 Å². The predicted octanol–water partition coefficient (Wildman–Crippen LogP) is -2.04. The molecule has 0 aliphatic carbocycles. The Bertz CT molecular complexity index is 13.5. The molecule has 0 aromatic carbocycles. The van der Waals surface area contributed by atoms with Crippen LogP contribution in [0.25, 0.3) is 0 Å². The number of rotatable bonds is 0. The first-order chi connectivity index (χ1) is 0. The second-order valence-corrected chi connectivity index (χ2v) is 0. The molecule has 45 valence electrons. The van der Waals surface area contributed by atoms with Crippen LogP contribution in [0.15, 0.2) is 0 Å². The van der Waals surface area contributed by atoms with Gasteiger partial charge in [0.1, 0.15) is 0 Å². The van der Waals surface area contributed by atoms with Crippen LogP contribution in [-0.2, 0) is 55.2 Å². The predicted molar refractivity (Wildman–Crippen MR) is 13.0 cm³/mol. The third-order valence-corrected chi connectivity index (χ3v) is 0. The molecular weight excluding hydrogens is 366 g/mol. The van der Waals surface area contributed by atoms with Gasteiger partial charge < -0.3 is 11.0 Å². The summed E-state index contributed by atoms with van der Waals surface area (Å²) in [6, 6.07) is 0. The first-order valence-corrected chi connectivity index (χ1v) is 0. The fourth-order valence-electron chi connectivity index (χ4n) is 0. The van der Waals surface area contributed by atoms with E-state index < -0.39 is 0 Å². The van der Waals surface area contributed by atoms with Crippen molar-refractivity contribution in [3.05, 3.63) is 0 Å². The van der Waals surface area contributed by atoms with E-state index in [0.29, 0.717) is 0 Å². The molecule has 5 radical (unpaired) electrons. The van der Waals surface area contributed by atoms with Crippen molar-refractivity contribution >= 4 is 11.0 Å². The summed E-state index contributed by atoms with van der Waals surface area (Å²) in [6.07, 6.45) is 0. The van der Waals surface area contributed by atoms with Gasteiger partial charge >= 0.3 is 0 Å². The van der Waals surface area contributed by atoms with E-state index in [1.807, 2.05) is 0 Å². The largest absolute Gasteiger partial charge is 0.412 e. The van der Waals surface area contributed by atoms with E-state index in [0.717, 1.165) is 0 Å².